The Hall–Kier alpha value is -0.900. The molecule has 0 amide bonds. The predicted octanol–water partition coefficient (Wildman–Crippen LogP) is 1.70. The fourth-order valence-electron chi connectivity index (χ4n) is 0.536. The number of aromatic carboxylic acids is 1. The van der Waals surface area contributed by atoms with Crippen LogP contribution in [0.15, 0.2) is 21.8 Å². The Labute approximate surface area is 62.0 Å². The lowest BCUT2D eigenvalue weighted by atomic mass is 10.4. The highest BCUT2D eigenvalue weighted by atomic mass is 32.2. The molecule has 0 spiro atoms. The molecule has 1 aromatic rings. The van der Waals surface area contributed by atoms with Crippen LogP contribution in [0.5, 0.6) is 0 Å². The standard InChI is InChI=1S/C6H6O3S/c1-10-5-2-4(3-9-5)6(7)8/h2-3H,1H3,(H,7,8). The van der Waals surface area contributed by atoms with Crippen LogP contribution in [0.4, 0.5) is 0 Å². The molecule has 1 N–H and O–H groups in total. The summed E-state index contributed by atoms with van der Waals surface area (Å²) < 4.78 is 4.86. The highest BCUT2D eigenvalue weighted by Gasteiger charge is 2.06. The minimum atomic E-state index is -0.955. The SMILES string of the molecule is CSc1cc(C(=O)O)co1. The highest BCUT2D eigenvalue weighted by Crippen LogP contribution is 2.17. The van der Waals surface area contributed by atoms with Crippen molar-refractivity contribution in [1.82, 2.24) is 0 Å². The average molecular weight is 158 g/mol. The number of furan rings is 1. The molecule has 1 aromatic heterocycles. The Kier molecular flexibility index (Phi) is 2.01. The van der Waals surface area contributed by atoms with Crippen molar-refractivity contribution in [3.8, 4) is 0 Å². The van der Waals surface area contributed by atoms with Gasteiger partial charge in [0.25, 0.3) is 0 Å². The van der Waals surface area contributed by atoms with Crippen LogP contribution in [0.1, 0.15) is 10.4 Å². The molecule has 0 unspecified atom stereocenters. The molecule has 1 heterocycles. The molecule has 1 rings (SSSR count). The topological polar surface area (TPSA) is 50.4 Å². The minimum Gasteiger partial charge on any atom is -0.478 e. The van der Waals surface area contributed by atoms with Gasteiger partial charge in [-0.1, -0.05) is 11.8 Å². The molecule has 0 saturated carbocycles. The quantitative estimate of drug-likeness (QED) is 0.665. The largest absolute Gasteiger partial charge is 0.478 e. The zero-order valence-electron chi connectivity index (χ0n) is 5.33. The van der Waals surface area contributed by atoms with E-state index in [0.717, 1.165) is 0 Å². The van der Waals surface area contributed by atoms with E-state index in [0.29, 0.717) is 5.09 Å². The first-order valence-corrected chi connectivity index (χ1v) is 3.82. The lowest BCUT2D eigenvalue weighted by Gasteiger charge is -1.80. The second-order valence-electron chi connectivity index (χ2n) is 1.66. The van der Waals surface area contributed by atoms with E-state index in [4.69, 9.17) is 9.52 Å². The van der Waals surface area contributed by atoms with E-state index in [1.807, 2.05) is 6.26 Å². The van der Waals surface area contributed by atoms with E-state index >= 15 is 0 Å². The fraction of sp³-hybridized carbons (Fsp3) is 0.167. The molecule has 0 aromatic carbocycles. The second-order valence-corrected chi connectivity index (χ2v) is 2.47. The van der Waals surface area contributed by atoms with E-state index in [1.54, 1.807) is 0 Å². The van der Waals surface area contributed by atoms with Crippen LogP contribution >= 0.6 is 11.8 Å². The van der Waals surface area contributed by atoms with Gasteiger partial charge in [-0.2, -0.15) is 0 Å². The summed E-state index contributed by atoms with van der Waals surface area (Å²) in [4.78, 5) is 10.3. The first-order valence-electron chi connectivity index (χ1n) is 2.60. The first kappa shape index (κ1) is 7.21. The third-order valence-electron chi connectivity index (χ3n) is 1.02. The van der Waals surface area contributed by atoms with Crippen LogP contribution in [-0.4, -0.2) is 17.3 Å². The molecule has 0 radical (unpaired) electrons. The van der Waals surface area contributed by atoms with Crippen LogP contribution in [-0.2, 0) is 0 Å². The predicted molar refractivity (Wildman–Crippen MR) is 37.4 cm³/mol. The third kappa shape index (κ3) is 1.33. The minimum absolute atomic E-state index is 0.198. The van der Waals surface area contributed by atoms with Gasteiger partial charge in [-0.25, -0.2) is 4.79 Å². The summed E-state index contributed by atoms with van der Waals surface area (Å²) in [6.07, 6.45) is 3.05. The molecular weight excluding hydrogens is 152 g/mol. The average Bonchev–Trinajstić information content (AvgIpc) is 2.34. The maximum atomic E-state index is 10.3. The Balaban J connectivity index is 2.88. The Morgan fingerprint density at radius 1 is 1.80 bits per heavy atom. The summed E-state index contributed by atoms with van der Waals surface area (Å²) in [6, 6.07) is 1.49. The van der Waals surface area contributed by atoms with Gasteiger partial charge in [0.15, 0.2) is 5.09 Å². The van der Waals surface area contributed by atoms with Crippen LogP contribution in [0.3, 0.4) is 0 Å². The number of carboxylic acid groups (broad SMARTS) is 1. The van der Waals surface area contributed by atoms with Gasteiger partial charge < -0.3 is 9.52 Å². The molecular formula is C6H6O3S. The molecule has 3 nitrogen and oxygen atoms in total. The zero-order chi connectivity index (χ0) is 7.56. The van der Waals surface area contributed by atoms with Crippen molar-refractivity contribution in [2.45, 2.75) is 5.09 Å². The first-order chi connectivity index (χ1) is 4.74. The molecule has 10 heavy (non-hydrogen) atoms. The van der Waals surface area contributed by atoms with Crippen LogP contribution in [0.25, 0.3) is 0 Å². The Bertz CT molecular complexity index is 241. The molecule has 0 saturated heterocycles. The van der Waals surface area contributed by atoms with Gasteiger partial charge in [-0.05, 0) is 6.26 Å². The highest BCUT2D eigenvalue weighted by molar-refractivity contribution is 7.98. The summed E-state index contributed by atoms with van der Waals surface area (Å²) in [5, 5.41) is 9.05. The normalized spacial score (nSPS) is 9.70. The summed E-state index contributed by atoms with van der Waals surface area (Å²) >= 11 is 1.38. The molecule has 0 aliphatic rings. The number of rotatable bonds is 2. The molecule has 0 fully saturated rings. The van der Waals surface area contributed by atoms with Crippen molar-refractivity contribution in [1.29, 1.82) is 0 Å². The number of thioether (sulfide) groups is 1. The van der Waals surface area contributed by atoms with E-state index in [2.05, 4.69) is 0 Å². The van der Waals surface area contributed by atoms with Crippen LogP contribution in [0.2, 0.25) is 0 Å². The molecule has 0 bridgehead atoms. The summed E-state index contributed by atoms with van der Waals surface area (Å²) in [6.45, 7) is 0. The maximum Gasteiger partial charge on any atom is 0.339 e. The van der Waals surface area contributed by atoms with Crippen LogP contribution in [0, 0.1) is 0 Å². The van der Waals surface area contributed by atoms with E-state index in [1.165, 1.54) is 24.1 Å². The third-order valence-corrected chi connectivity index (χ3v) is 1.64. The van der Waals surface area contributed by atoms with Crippen LogP contribution < -0.4 is 0 Å². The van der Waals surface area contributed by atoms with Crippen molar-refractivity contribution in [2.24, 2.45) is 0 Å². The van der Waals surface area contributed by atoms with Gasteiger partial charge in [0, 0.05) is 6.07 Å². The van der Waals surface area contributed by atoms with E-state index < -0.39 is 5.97 Å². The lowest BCUT2D eigenvalue weighted by molar-refractivity contribution is 0.0696. The number of hydrogen-bond donors (Lipinski definition) is 1. The monoisotopic (exact) mass is 158 g/mol. The van der Waals surface area contributed by atoms with Crippen molar-refractivity contribution in [2.75, 3.05) is 6.26 Å². The van der Waals surface area contributed by atoms with Crippen molar-refractivity contribution in [3.63, 3.8) is 0 Å². The van der Waals surface area contributed by atoms with Crippen molar-refractivity contribution < 1.29 is 14.3 Å². The van der Waals surface area contributed by atoms with Gasteiger partial charge in [-0.3, -0.25) is 0 Å². The maximum absolute atomic E-state index is 10.3. The van der Waals surface area contributed by atoms with Gasteiger partial charge in [0.05, 0.1) is 5.56 Å². The van der Waals surface area contributed by atoms with E-state index in [9.17, 15) is 4.79 Å². The fourth-order valence-corrected chi connectivity index (χ4v) is 0.925. The lowest BCUT2D eigenvalue weighted by Crippen LogP contribution is -1.91. The molecule has 0 atom stereocenters. The summed E-state index contributed by atoms with van der Waals surface area (Å²) in [7, 11) is 0. The smallest absolute Gasteiger partial charge is 0.339 e. The molecule has 4 heteroatoms. The second kappa shape index (κ2) is 2.79. The molecule has 0 aliphatic carbocycles. The number of carbonyl (C=O) groups is 1. The van der Waals surface area contributed by atoms with Crippen molar-refractivity contribution in [3.05, 3.63) is 17.9 Å². The Morgan fingerprint density at radius 3 is 2.80 bits per heavy atom. The summed E-state index contributed by atoms with van der Waals surface area (Å²) in [5.41, 5.74) is 0.198. The van der Waals surface area contributed by atoms with Gasteiger partial charge in [0.1, 0.15) is 6.26 Å². The van der Waals surface area contributed by atoms with Gasteiger partial charge >= 0.3 is 5.97 Å². The van der Waals surface area contributed by atoms with E-state index in [-0.39, 0.29) is 5.56 Å². The Morgan fingerprint density at radius 2 is 2.50 bits per heavy atom. The van der Waals surface area contributed by atoms with Gasteiger partial charge in [0.2, 0.25) is 0 Å². The molecule has 54 valence electrons. The zero-order valence-corrected chi connectivity index (χ0v) is 6.14. The number of hydrogen-bond acceptors (Lipinski definition) is 3. The number of carboxylic acids is 1. The summed E-state index contributed by atoms with van der Waals surface area (Å²) in [5.74, 6) is -0.955. The van der Waals surface area contributed by atoms with Gasteiger partial charge in [-0.15, -0.1) is 0 Å². The molecule has 0 aliphatic heterocycles. The van der Waals surface area contributed by atoms with Crippen molar-refractivity contribution >= 4 is 17.7 Å².